The number of methoxy groups -OCH3 is 1. The van der Waals surface area contributed by atoms with Crippen LogP contribution in [0.3, 0.4) is 0 Å². The number of carbonyl (C=O) groups is 2. The number of alkyl halides is 3. The van der Waals surface area contributed by atoms with E-state index in [4.69, 9.17) is 4.74 Å². The van der Waals surface area contributed by atoms with Crippen LogP contribution in [0.25, 0.3) is 0 Å². The zero-order chi connectivity index (χ0) is 21.7. The molecule has 0 saturated carbocycles. The van der Waals surface area contributed by atoms with E-state index in [0.29, 0.717) is 16.9 Å². The van der Waals surface area contributed by atoms with Crippen molar-refractivity contribution < 1.29 is 32.2 Å². The van der Waals surface area contributed by atoms with E-state index >= 15 is 0 Å². The number of urea groups is 1. The van der Waals surface area contributed by atoms with Crippen molar-refractivity contribution in [3.8, 4) is 5.75 Å². The molecule has 2 heterocycles. The predicted molar refractivity (Wildman–Crippen MR) is 99.7 cm³/mol. The van der Waals surface area contributed by atoms with Crippen molar-refractivity contribution in [1.29, 1.82) is 0 Å². The summed E-state index contributed by atoms with van der Waals surface area (Å²) in [6.07, 6.45) is -3.28. The van der Waals surface area contributed by atoms with Gasteiger partial charge in [-0.2, -0.15) is 0 Å². The number of pyridine rings is 1. The van der Waals surface area contributed by atoms with Crippen molar-refractivity contribution in [2.75, 3.05) is 25.2 Å². The minimum atomic E-state index is -4.80. The number of aromatic nitrogens is 1. The predicted octanol–water partition coefficient (Wildman–Crippen LogP) is 2.51. The molecule has 1 aromatic carbocycles. The van der Waals surface area contributed by atoms with Gasteiger partial charge in [-0.05, 0) is 23.8 Å². The third-order valence-electron chi connectivity index (χ3n) is 4.29. The molecule has 1 aliphatic heterocycles. The van der Waals surface area contributed by atoms with Crippen molar-refractivity contribution in [2.45, 2.75) is 18.9 Å². The van der Waals surface area contributed by atoms with Gasteiger partial charge < -0.3 is 20.1 Å². The van der Waals surface area contributed by atoms with Gasteiger partial charge in [0.2, 0.25) is 5.91 Å². The lowest BCUT2D eigenvalue weighted by Gasteiger charge is -2.25. The maximum atomic E-state index is 12.9. The van der Waals surface area contributed by atoms with Gasteiger partial charge in [-0.1, -0.05) is 18.2 Å². The molecule has 0 spiro atoms. The normalized spacial score (nSPS) is 14.9. The van der Waals surface area contributed by atoms with Crippen LogP contribution in [0.1, 0.15) is 17.2 Å². The standard InChI is InChI=1S/C19H19F3N4O4/c1-29-11-15(12-4-6-14(7-5-12)30-19(20,21)22)25-18(28)26-10-16(27)24-9-13-3-2-8-23-17(13)26/h2-8,15H,9-11H2,1H3,(H,24,27)(H,25,28). The molecule has 2 N–H and O–H groups in total. The smallest absolute Gasteiger partial charge is 0.406 e. The molecule has 1 aliphatic rings. The second-order valence-corrected chi connectivity index (χ2v) is 6.42. The molecular weight excluding hydrogens is 405 g/mol. The van der Waals surface area contributed by atoms with E-state index in [-0.39, 0.29) is 31.4 Å². The fraction of sp³-hybridized carbons (Fsp3) is 0.316. The number of hydrogen-bond acceptors (Lipinski definition) is 5. The lowest BCUT2D eigenvalue weighted by atomic mass is 10.1. The van der Waals surface area contributed by atoms with Crippen LogP contribution in [0.4, 0.5) is 23.8 Å². The van der Waals surface area contributed by atoms with Crippen molar-refractivity contribution in [3.05, 3.63) is 53.7 Å². The molecule has 0 aliphatic carbocycles. The van der Waals surface area contributed by atoms with Crippen LogP contribution in [0.15, 0.2) is 42.6 Å². The van der Waals surface area contributed by atoms with Crippen LogP contribution in [-0.4, -0.2) is 43.5 Å². The minimum absolute atomic E-state index is 0.0559. The highest BCUT2D eigenvalue weighted by Gasteiger charge is 2.31. The van der Waals surface area contributed by atoms with Gasteiger partial charge in [-0.3, -0.25) is 9.69 Å². The molecule has 0 fully saturated rings. The first-order chi connectivity index (χ1) is 14.3. The van der Waals surface area contributed by atoms with E-state index in [1.807, 2.05) is 0 Å². The van der Waals surface area contributed by atoms with E-state index in [1.54, 1.807) is 12.1 Å². The van der Waals surface area contributed by atoms with Gasteiger partial charge in [0, 0.05) is 25.4 Å². The Bertz CT molecular complexity index is 905. The number of nitrogens with one attached hydrogen (secondary N) is 2. The Kier molecular flexibility index (Phi) is 6.40. The van der Waals surface area contributed by atoms with Gasteiger partial charge in [-0.15, -0.1) is 13.2 Å². The van der Waals surface area contributed by atoms with Gasteiger partial charge in [-0.25, -0.2) is 9.78 Å². The molecule has 3 rings (SSSR count). The van der Waals surface area contributed by atoms with Gasteiger partial charge in [0.1, 0.15) is 18.1 Å². The van der Waals surface area contributed by atoms with E-state index in [0.717, 1.165) is 12.1 Å². The molecule has 1 atom stereocenters. The second kappa shape index (κ2) is 8.99. The Labute approximate surface area is 170 Å². The van der Waals surface area contributed by atoms with Crippen molar-refractivity contribution in [2.24, 2.45) is 0 Å². The first kappa shape index (κ1) is 21.4. The molecule has 0 bridgehead atoms. The molecule has 11 heteroatoms. The first-order valence-electron chi connectivity index (χ1n) is 8.90. The molecule has 0 radical (unpaired) electrons. The summed E-state index contributed by atoms with van der Waals surface area (Å²) in [6.45, 7) is 0.0716. The van der Waals surface area contributed by atoms with Crippen molar-refractivity contribution in [1.82, 2.24) is 15.6 Å². The van der Waals surface area contributed by atoms with Gasteiger partial charge in [0.15, 0.2) is 0 Å². The molecule has 1 unspecified atom stereocenters. The number of anilines is 1. The number of rotatable bonds is 5. The van der Waals surface area contributed by atoms with Crippen LogP contribution in [0.2, 0.25) is 0 Å². The summed E-state index contributed by atoms with van der Waals surface area (Å²) in [5.41, 5.74) is 1.18. The SMILES string of the molecule is COCC(NC(=O)N1CC(=O)NCc2cccnc21)c1ccc(OC(F)(F)F)cc1. The molecule has 0 saturated heterocycles. The molecule has 8 nitrogen and oxygen atoms in total. The lowest BCUT2D eigenvalue weighted by Crippen LogP contribution is -2.46. The van der Waals surface area contributed by atoms with Gasteiger partial charge in [0.25, 0.3) is 0 Å². The highest BCUT2D eigenvalue weighted by atomic mass is 19.4. The van der Waals surface area contributed by atoms with Gasteiger partial charge >= 0.3 is 12.4 Å². The summed E-state index contributed by atoms with van der Waals surface area (Å²) in [5.74, 6) is -0.380. The number of nitrogens with zero attached hydrogens (tertiary/aromatic N) is 2. The Balaban J connectivity index is 1.79. The lowest BCUT2D eigenvalue weighted by molar-refractivity contribution is -0.274. The monoisotopic (exact) mass is 424 g/mol. The first-order valence-corrected chi connectivity index (χ1v) is 8.90. The fourth-order valence-electron chi connectivity index (χ4n) is 2.96. The molecule has 2 aromatic rings. The fourth-order valence-corrected chi connectivity index (χ4v) is 2.96. The number of amides is 3. The van der Waals surface area contributed by atoms with Crippen LogP contribution in [0, 0.1) is 0 Å². The molecule has 30 heavy (non-hydrogen) atoms. The Morgan fingerprint density at radius 2 is 2.03 bits per heavy atom. The zero-order valence-electron chi connectivity index (χ0n) is 15.9. The Morgan fingerprint density at radius 3 is 2.70 bits per heavy atom. The molecule has 3 amide bonds. The van der Waals surface area contributed by atoms with E-state index in [9.17, 15) is 22.8 Å². The van der Waals surface area contributed by atoms with E-state index in [1.165, 1.54) is 30.3 Å². The number of benzene rings is 1. The third kappa shape index (κ3) is 5.38. The minimum Gasteiger partial charge on any atom is -0.406 e. The quantitative estimate of drug-likeness (QED) is 0.770. The maximum Gasteiger partial charge on any atom is 0.573 e. The number of carbonyl (C=O) groups excluding carboxylic acids is 2. The summed E-state index contributed by atoms with van der Waals surface area (Å²) in [7, 11) is 1.43. The number of ether oxygens (including phenoxy) is 2. The summed E-state index contributed by atoms with van der Waals surface area (Å²) in [6, 6.07) is 7.26. The van der Waals surface area contributed by atoms with Crippen LogP contribution in [0.5, 0.6) is 5.75 Å². The third-order valence-corrected chi connectivity index (χ3v) is 4.29. The molecule has 160 valence electrons. The average molecular weight is 424 g/mol. The topological polar surface area (TPSA) is 92.8 Å². The number of hydrogen-bond donors (Lipinski definition) is 2. The van der Waals surface area contributed by atoms with Crippen molar-refractivity contribution in [3.63, 3.8) is 0 Å². The van der Waals surface area contributed by atoms with E-state index < -0.39 is 18.4 Å². The average Bonchev–Trinajstić information content (AvgIpc) is 2.86. The van der Waals surface area contributed by atoms with Crippen molar-refractivity contribution >= 4 is 17.8 Å². The number of fused-ring (bicyclic) bond motifs is 1. The highest BCUT2D eigenvalue weighted by molar-refractivity contribution is 5.98. The summed E-state index contributed by atoms with van der Waals surface area (Å²) in [4.78, 5) is 30.4. The zero-order valence-corrected chi connectivity index (χ0v) is 15.9. The summed E-state index contributed by atoms with van der Waals surface area (Å²) in [5, 5.41) is 5.43. The highest BCUT2D eigenvalue weighted by Crippen LogP contribution is 2.25. The van der Waals surface area contributed by atoms with Crippen LogP contribution in [-0.2, 0) is 16.1 Å². The number of halogens is 3. The summed E-state index contributed by atoms with van der Waals surface area (Å²) >= 11 is 0. The maximum absolute atomic E-state index is 12.9. The molecular formula is C19H19F3N4O4. The van der Waals surface area contributed by atoms with Gasteiger partial charge in [0.05, 0.1) is 12.6 Å². The Morgan fingerprint density at radius 1 is 1.30 bits per heavy atom. The molecule has 1 aromatic heterocycles. The second-order valence-electron chi connectivity index (χ2n) is 6.42. The van der Waals surface area contributed by atoms with Crippen LogP contribution < -0.4 is 20.3 Å². The van der Waals surface area contributed by atoms with Crippen LogP contribution >= 0.6 is 0 Å². The summed E-state index contributed by atoms with van der Waals surface area (Å²) < 4.78 is 46.0. The Hall–Kier alpha value is -3.34. The van der Waals surface area contributed by atoms with E-state index in [2.05, 4.69) is 20.4 Å². The largest absolute Gasteiger partial charge is 0.573 e.